The van der Waals surface area contributed by atoms with Crippen LogP contribution in [0.25, 0.3) is 10.9 Å². The van der Waals surface area contributed by atoms with E-state index in [0.29, 0.717) is 6.04 Å². The summed E-state index contributed by atoms with van der Waals surface area (Å²) in [4.78, 5) is 4.43. The van der Waals surface area contributed by atoms with Crippen LogP contribution in [0.3, 0.4) is 0 Å². The van der Waals surface area contributed by atoms with Crippen molar-refractivity contribution in [1.29, 1.82) is 0 Å². The molecule has 1 unspecified atom stereocenters. The maximum Gasteiger partial charge on any atom is 0.231 e. The molecule has 1 atom stereocenters. The topological polar surface area (TPSA) is 43.4 Å². The molecule has 5 heteroatoms. The lowest BCUT2D eigenvalue weighted by molar-refractivity contribution is 0.174. The second-order valence-electron chi connectivity index (χ2n) is 4.66. The van der Waals surface area contributed by atoms with Gasteiger partial charge in [-0.15, -0.1) is 0 Å². The average Bonchev–Trinajstić information content (AvgIpc) is 2.87. The number of hydrogen-bond acceptors (Lipinski definition) is 4. The highest BCUT2D eigenvalue weighted by Gasteiger charge is 2.17. The van der Waals surface area contributed by atoms with Gasteiger partial charge < -0.3 is 14.8 Å². The minimum atomic E-state index is 0.279. The van der Waals surface area contributed by atoms with Crippen molar-refractivity contribution in [1.82, 2.24) is 4.98 Å². The molecule has 1 aromatic heterocycles. The minimum absolute atomic E-state index is 0.279. The van der Waals surface area contributed by atoms with Crippen LogP contribution in [0, 0.1) is 0 Å². The smallest absolute Gasteiger partial charge is 0.231 e. The van der Waals surface area contributed by atoms with Crippen LogP contribution in [0.2, 0.25) is 0 Å². The summed E-state index contributed by atoms with van der Waals surface area (Å²) in [6, 6.07) is 4.30. The molecule has 0 amide bonds. The van der Waals surface area contributed by atoms with Crippen molar-refractivity contribution in [3.63, 3.8) is 0 Å². The van der Waals surface area contributed by atoms with Crippen LogP contribution < -0.4 is 14.8 Å². The summed E-state index contributed by atoms with van der Waals surface area (Å²) in [5.74, 6) is 1.54. The van der Waals surface area contributed by atoms with Crippen LogP contribution in [0.5, 0.6) is 11.5 Å². The Morgan fingerprint density at radius 3 is 2.84 bits per heavy atom. The van der Waals surface area contributed by atoms with E-state index >= 15 is 0 Å². The van der Waals surface area contributed by atoms with Gasteiger partial charge in [0, 0.05) is 23.7 Å². The molecule has 19 heavy (non-hydrogen) atoms. The maximum absolute atomic E-state index is 5.44. The van der Waals surface area contributed by atoms with E-state index < -0.39 is 0 Å². The molecule has 0 aliphatic carbocycles. The molecule has 1 N–H and O–H groups in total. The number of ether oxygens (including phenoxy) is 2. The van der Waals surface area contributed by atoms with Gasteiger partial charge in [-0.2, -0.15) is 0 Å². The molecule has 0 radical (unpaired) electrons. The quantitative estimate of drug-likeness (QED) is 0.929. The van der Waals surface area contributed by atoms with Crippen molar-refractivity contribution in [2.75, 3.05) is 12.1 Å². The third kappa shape index (κ3) is 2.23. The van der Waals surface area contributed by atoms with E-state index in [9.17, 15) is 0 Å². The highest BCUT2D eigenvalue weighted by atomic mass is 79.9. The normalized spacial score (nSPS) is 14.7. The number of hydrogen-bond donors (Lipinski definition) is 1. The van der Waals surface area contributed by atoms with Gasteiger partial charge in [0.15, 0.2) is 11.5 Å². The first-order valence-corrected chi connectivity index (χ1v) is 7.12. The van der Waals surface area contributed by atoms with E-state index in [1.165, 1.54) is 0 Å². The van der Waals surface area contributed by atoms with Crippen molar-refractivity contribution in [2.24, 2.45) is 0 Å². The molecule has 2 aromatic rings. The van der Waals surface area contributed by atoms with Crippen molar-refractivity contribution in [2.45, 2.75) is 26.3 Å². The van der Waals surface area contributed by atoms with Crippen LogP contribution in [0.15, 0.2) is 22.8 Å². The molecule has 2 heterocycles. The van der Waals surface area contributed by atoms with Crippen molar-refractivity contribution in [3.05, 3.63) is 22.8 Å². The Morgan fingerprint density at radius 1 is 1.37 bits per heavy atom. The second-order valence-corrected chi connectivity index (χ2v) is 5.51. The number of benzene rings is 1. The summed E-state index contributed by atoms with van der Waals surface area (Å²) < 4.78 is 11.8. The summed E-state index contributed by atoms with van der Waals surface area (Å²) in [6.45, 7) is 4.59. The molecule has 100 valence electrons. The Balaban J connectivity index is 2.16. The summed E-state index contributed by atoms with van der Waals surface area (Å²) in [5.41, 5.74) is 1.95. The number of nitrogens with zero attached hydrogens (tertiary/aromatic N) is 1. The van der Waals surface area contributed by atoms with Crippen LogP contribution >= 0.6 is 15.9 Å². The lowest BCUT2D eigenvalue weighted by Gasteiger charge is -2.16. The molecule has 0 spiro atoms. The Bertz CT molecular complexity index is 630. The van der Waals surface area contributed by atoms with Crippen LogP contribution in [0.4, 0.5) is 5.69 Å². The van der Waals surface area contributed by atoms with Crippen molar-refractivity contribution in [3.8, 4) is 11.5 Å². The number of fused-ring (bicyclic) bond motifs is 2. The first kappa shape index (κ1) is 12.5. The molecule has 0 saturated carbocycles. The highest BCUT2D eigenvalue weighted by molar-refractivity contribution is 9.10. The second kappa shape index (κ2) is 4.89. The lowest BCUT2D eigenvalue weighted by atomic mass is 10.1. The molecular weight excluding hydrogens is 308 g/mol. The van der Waals surface area contributed by atoms with Gasteiger partial charge in [0.05, 0.1) is 15.7 Å². The Morgan fingerprint density at radius 2 is 2.11 bits per heavy atom. The largest absolute Gasteiger partial charge is 0.454 e. The van der Waals surface area contributed by atoms with Gasteiger partial charge in [-0.25, -0.2) is 0 Å². The number of rotatable bonds is 3. The van der Waals surface area contributed by atoms with Gasteiger partial charge in [0.25, 0.3) is 0 Å². The predicted octanol–water partition coefficient (Wildman–Crippen LogP) is 3.94. The van der Waals surface area contributed by atoms with Gasteiger partial charge in [-0.3, -0.25) is 4.98 Å². The molecular formula is C14H15BrN2O2. The molecule has 1 aromatic carbocycles. The number of pyridine rings is 1. The number of aromatic nitrogens is 1. The fraction of sp³-hybridized carbons (Fsp3) is 0.357. The van der Waals surface area contributed by atoms with Gasteiger partial charge in [0.1, 0.15) is 0 Å². The maximum atomic E-state index is 5.44. The van der Waals surface area contributed by atoms with E-state index in [4.69, 9.17) is 9.47 Å². The number of halogens is 1. The average molecular weight is 323 g/mol. The fourth-order valence-electron chi connectivity index (χ4n) is 2.05. The highest BCUT2D eigenvalue weighted by Crippen LogP contribution is 2.40. The number of nitrogens with one attached hydrogen (secondary N) is 1. The minimum Gasteiger partial charge on any atom is -0.454 e. The zero-order chi connectivity index (χ0) is 13.4. The standard InChI is InChI=1S/C14H15BrN2O2/c1-3-8(2)17-14-9-4-12-13(19-7-18-12)5-11(9)16-6-10(14)15/h4-6,8H,3,7H2,1-2H3,(H,16,17). The summed E-state index contributed by atoms with van der Waals surface area (Å²) in [7, 11) is 0. The first-order valence-electron chi connectivity index (χ1n) is 6.33. The van der Waals surface area contributed by atoms with Gasteiger partial charge >= 0.3 is 0 Å². The zero-order valence-electron chi connectivity index (χ0n) is 10.9. The summed E-state index contributed by atoms with van der Waals surface area (Å²) in [6.07, 6.45) is 2.87. The van der Waals surface area contributed by atoms with Gasteiger partial charge in [-0.1, -0.05) is 6.92 Å². The van der Waals surface area contributed by atoms with Crippen molar-refractivity contribution >= 4 is 32.5 Å². The monoisotopic (exact) mass is 322 g/mol. The molecule has 0 saturated heterocycles. The van der Waals surface area contributed by atoms with E-state index in [0.717, 1.165) is 39.0 Å². The zero-order valence-corrected chi connectivity index (χ0v) is 12.5. The molecule has 0 fully saturated rings. The molecule has 3 rings (SSSR count). The lowest BCUT2D eigenvalue weighted by Crippen LogP contribution is -2.14. The van der Waals surface area contributed by atoms with Crippen LogP contribution in [-0.2, 0) is 0 Å². The number of anilines is 1. The Hall–Kier alpha value is -1.49. The Kier molecular flexibility index (Phi) is 3.22. The predicted molar refractivity (Wildman–Crippen MR) is 78.9 cm³/mol. The molecule has 1 aliphatic rings. The van der Waals surface area contributed by atoms with Crippen molar-refractivity contribution < 1.29 is 9.47 Å². The van der Waals surface area contributed by atoms with E-state index in [-0.39, 0.29) is 6.79 Å². The van der Waals surface area contributed by atoms with E-state index in [1.54, 1.807) is 0 Å². The van der Waals surface area contributed by atoms with E-state index in [1.807, 2.05) is 18.3 Å². The first-order chi connectivity index (χ1) is 9.19. The third-order valence-electron chi connectivity index (χ3n) is 3.32. The van der Waals surface area contributed by atoms with Gasteiger partial charge in [0.2, 0.25) is 6.79 Å². The Labute approximate surface area is 120 Å². The molecule has 4 nitrogen and oxygen atoms in total. The SMILES string of the molecule is CCC(C)Nc1c(Br)cnc2cc3c(cc12)OCO3. The molecule has 1 aliphatic heterocycles. The summed E-state index contributed by atoms with van der Waals surface area (Å²) in [5, 5.41) is 4.55. The fourth-order valence-corrected chi connectivity index (χ4v) is 2.48. The summed E-state index contributed by atoms with van der Waals surface area (Å²) >= 11 is 3.56. The van der Waals surface area contributed by atoms with E-state index in [2.05, 4.69) is 40.1 Å². The third-order valence-corrected chi connectivity index (χ3v) is 3.92. The molecule has 0 bridgehead atoms. The van der Waals surface area contributed by atoms with Gasteiger partial charge in [-0.05, 0) is 35.3 Å². The van der Waals surface area contributed by atoms with Crippen LogP contribution in [0.1, 0.15) is 20.3 Å². The van der Waals surface area contributed by atoms with Crippen LogP contribution in [-0.4, -0.2) is 17.8 Å².